The number of hydrogen-bond donors (Lipinski definition) is 2. The molecule has 1 fully saturated rings. The summed E-state index contributed by atoms with van der Waals surface area (Å²) in [7, 11) is 0. The summed E-state index contributed by atoms with van der Waals surface area (Å²) in [6.07, 6.45) is -3.01. The van der Waals surface area contributed by atoms with Crippen LogP contribution in [0.25, 0.3) is 0 Å². The number of halogens is 4. The quantitative estimate of drug-likeness (QED) is 0.511. The fourth-order valence-corrected chi connectivity index (χ4v) is 2.49. The molecule has 0 aliphatic carbocycles. The van der Waals surface area contributed by atoms with E-state index in [-0.39, 0.29) is 5.92 Å². The highest BCUT2D eigenvalue weighted by Gasteiger charge is 2.35. The Morgan fingerprint density at radius 2 is 2.10 bits per heavy atom. The standard InChI is InChI=1S/C13H16F4N2O/c14-11-6-8(3-4-10(11)13(15,16)17)12(19-18)9-2-1-5-20-7-9/h3-4,6,9,12,19H,1-2,5,7,18H2. The summed E-state index contributed by atoms with van der Waals surface area (Å²) in [6.45, 7) is 1.12. The van der Waals surface area contributed by atoms with Gasteiger partial charge in [0.05, 0.1) is 18.2 Å². The van der Waals surface area contributed by atoms with E-state index in [1.807, 2.05) is 0 Å². The Kier molecular flexibility index (Phi) is 4.62. The minimum atomic E-state index is -4.69. The van der Waals surface area contributed by atoms with E-state index in [9.17, 15) is 17.6 Å². The van der Waals surface area contributed by atoms with E-state index >= 15 is 0 Å². The summed E-state index contributed by atoms with van der Waals surface area (Å²) in [6, 6.07) is 2.47. The molecule has 2 unspecified atom stereocenters. The lowest BCUT2D eigenvalue weighted by Crippen LogP contribution is -2.37. The largest absolute Gasteiger partial charge is 0.419 e. The van der Waals surface area contributed by atoms with Crippen LogP contribution in [0.5, 0.6) is 0 Å². The van der Waals surface area contributed by atoms with Gasteiger partial charge in [-0.2, -0.15) is 13.2 Å². The van der Waals surface area contributed by atoms with Gasteiger partial charge < -0.3 is 4.74 Å². The number of nitrogens with two attached hydrogens (primary N) is 1. The molecule has 0 spiro atoms. The highest BCUT2D eigenvalue weighted by atomic mass is 19.4. The molecule has 0 amide bonds. The molecular formula is C13H16F4N2O. The van der Waals surface area contributed by atoms with Crippen LogP contribution in [-0.2, 0) is 10.9 Å². The lowest BCUT2D eigenvalue weighted by Gasteiger charge is -2.30. The Hall–Kier alpha value is -1.18. The van der Waals surface area contributed by atoms with Crippen LogP contribution in [0.1, 0.15) is 30.0 Å². The maximum Gasteiger partial charge on any atom is 0.419 e. The predicted octanol–water partition coefficient (Wildman–Crippen LogP) is 2.78. The minimum Gasteiger partial charge on any atom is -0.381 e. The molecule has 1 aliphatic rings. The second-order valence-corrected chi connectivity index (χ2v) is 4.86. The average molecular weight is 292 g/mol. The Bertz CT molecular complexity index is 458. The second-order valence-electron chi connectivity index (χ2n) is 4.86. The number of ether oxygens (including phenoxy) is 1. The van der Waals surface area contributed by atoms with Gasteiger partial charge >= 0.3 is 6.18 Å². The van der Waals surface area contributed by atoms with Gasteiger partial charge in [-0.1, -0.05) is 6.07 Å². The van der Waals surface area contributed by atoms with E-state index in [1.165, 1.54) is 6.07 Å². The summed E-state index contributed by atoms with van der Waals surface area (Å²) in [5, 5.41) is 0. The molecule has 112 valence electrons. The van der Waals surface area contributed by atoms with Crippen LogP contribution < -0.4 is 11.3 Å². The number of rotatable bonds is 3. The topological polar surface area (TPSA) is 47.3 Å². The molecule has 3 N–H and O–H groups in total. The van der Waals surface area contributed by atoms with Crippen LogP contribution in [0, 0.1) is 11.7 Å². The van der Waals surface area contributed by atoms with E-state index < -0.39 is 23.6 Å². The molecule has 2 rings (SSSR count). The fourth-order valence-electron chi connectivity index (χ4n) is 2.49. The van der Waals surface area contributed by atoms with Crippen molar-refractivity contribution in [3.8, 4) is 0 Å². The first kappa shape index (κ1) is 15.2. The van der Waals surface area contributed by atoms with Crippen molar-refractivity contribution in [2.45, 2.75) is 25.1 Å². The number of hydrogen-bond acceptors (Lipinski definition) is 3. The first-order chi connectivity index (χ1) is 9.43. The first-order valence-electron chi connectivity index (χ1n) is 6.34. The van der Waals surface area contributed by atoms with Gasteiger partial charge in [0.1, 0.15) is 5.82 Å². The summed E-state index contributed by atoms with van der Waals surface area (Å²) in [4.78, 5) is 0. The number of nitrogens with one attached hydrogen (secondary N) is 1. The van der Waals surface area contributed by atoms with E-state index in [0.717, 1.165) is 25.0 Å². The van der Waals surface area contributed by atoms with Crippen molar-refractivity contribution in [1.82, 2.24) is 5.43 Å². The monoisotopic (exact) mass is 292 g/mol. The number of benzene rings is 1. The van der Waals surface area contributed by atoms with E-state index in [1.54, 1.807) is 0 Å². The predicted molar refractivity (Wildman–Crippen MR) is 65.0 cm³/mol. The highest BCUT2D eigenvalue weighted by Crippen LogP contribution is 2.34. The Balaban J connectivity index is 2.24. The van der Waals surface area contributed by atoms with E-state index in [0.29, 0.717) is 18.8 Å². The molecule has 1 heterocycles. The SMILES string of the molecule is NNC(c1ccc(C(F)(F)F)c(F)c1)C1CCCOC1. The maximum atomic E-state index is 13.6. The molecular weight excluding hydrogens is 276 g/mol. The van der Waals surface area contributed by atoms with Crippen LogP contribution in [0.15, 0.2) is 18.2 Å². The van der Waals surface area contributed by atoms with Gasteiger partial charge in [-0.15, -0.1) is 0 Å². The molecule has 20 heavy (non-hydrogen) atoms. The van der Waals surface area contributed by atoms with Crippen LogP contribution >= 0.6 is 0 Å². The zero-order valence-corrected chi connectivity index (χ0v) is 10.7. The lowest BCUT2D eigenvalue weighted by molar-refractivity contribution is -0.140. The van der Waals surface area contributed by atoms with Crippen molar-refractivity contribution in [3.05, 3.63) is 35.1 Å². The average Bonchev–Trinajstić information content (AvgIpc) is 2.39. The van der Waals surface area contributed by atoms with Crippen molar-refractivity contribution in [1.29, 1.82) is 0 Å². The van der Waals surface area contributed by atoms with Crippen molar-refractivity contribution in [2.75, 3.05) is 13.2 Å². The number of alkyl halides is 3. The highest BCUT2D eigenvalue weighted by molar-refractivity contribution is 5.29. The van der Waals surface area contributed by atoms with Crippen LogP contribution in [0.3, 0.4) is 0 Å². The van der Waals surface area contributed by atoms with Gasteiger partial charge in [-0.25, -0.2) is 4.39 Å². The molecule has 1 aromatic carbocycles. The summed E-state index contributed by atoms with van der Waals surface area (Å²) in [5.74, 6) is 4.19. The minimum absolute atomic E-state index is 0.0184. The summed E-state index contributed by atoms with van der Waals surface area (Å²) >= 11 is 0. The molecule has 1 saturated heterocycles. The molecule has 0 radical (unpaired) electrons. The van der Waals surface area contributed by atoms with Gasteiger partial charge in [0, 0.05) is 12.5 Å². The lowest BCUT2D eigenvalue weighted by atomic mass is 9.88. The normalized spacial score (nSPS) is 21.8. The Labute approximate surface area is 114 Å². The number of hydrazine groups is 1. The van der Waals surface area contributed by atoms with Crippen molar-refractivity contribution in [2.24, 2.45) is 11.8 Å². The molecule has 2 atom stereocenters. The first-order valence-corrected chi connectivity index (χ1v) is 6.34. The third-order valence-electron chi connectivity index (χ3n) is 3.50. The third-order valence-corrected chi connectivity index (χ3v) is 3.50. The molecule has 0 aromatic heterocycles. The summed E-state index contributed by atoms with van der Waals surface area (Å²) < 4.78 is 56.5. The van der Waals surface area contributed by atoms with Crippen LogP contribution in [0.4, 0.5) is 17.6 Å². The van der Waals surface area contributed by atoms with Crippen molar-refractivity contribution >= 4 is 0 Å². The molecule has 0 bridgehead atoms. The van der Waals surface area contributed by atoms with E-state index in [4.69, 9.17) is 10.6 Å². The van der Waals surface area contributed by atoms with Crippen molar-refractivity contribution < 1.29 is 22.3 Å². The van der Waals surface area contributed by atoms with Gasteiger partial charge in [0.2, 0.25) is 0 Å². The molecule has 1 aromatic rings. The van der Waals surface area contributed by atoms with Gasteiger partial charge in [0.25, 0.3) is 0 Å². The third kappa shape index (κ3) is 3.28. The van der Waals surface area contributed by atoms with Crippen LogP contribution in [0.2, 0.25) is 0 Å². The van der Waals surface area contributed by atoms with Gasteiger partial charge in [0.15, 0.2) is 0 Å². The molecule has 0 saturated carbocycles. The summed E-state index contributed by atoms with van der Waals surface area (Å²) in [5.41, 5.74) is 1.68. The zero-order chi connectivity index (χ0) is 14.8. The molecule has 7 heteroatoms. The molecule has 3 nitrogen and oxygen atoms in total. The Morgan fingerprint density at radius 3 is 2.60 bits per heavy atom. The van der Waals surface area contributed by atoms with E-state index in [2.05, 4.69) is 5.43 Å². The van der Waals surface area contributed by atoms with Crippen LogP contribution in [-0.4, -0.2) is 13.2 Å². The maximum absolute atomic E-state index is 13.6. The zero-order valence-electron chi connectivity index (χ0n) is 10.7. The Morgan fingerprint density at radius 1 is 1.35 bits per heavy atom. The van der Waals surface area contributed by atoms with Gasteiger partial charge in [-0.05, 0) is 30.5 Å². The smallest absolute Gasteiger partial charge is 0.381 e. The fraction of sp³-hybridized carbons (Fsp3) is 0.538. The second kappa shape index (κ2) is 6.07. The van der Waals surface area contributed by atoms with Gasteiger partial charge in [-0.3, -0.25) is 11.3 Å². The molecule has 1 aliphatic heterocycles. The van der Waals surface area contributed by atoms with Crippen molar-refractivity contribution in [3.63, 3.8) is 0 Å².